The fourth-order valence-corrected chi connectivity index (χ4v) is 3.27. The number of carbonyl (C=O) groups excluding carboxylic acids is 2. The van der Waals surface area contributed by atoms with Gasteiger partial charge >= 0.3 is 5.69 Å². The molecule has 0 radical (unpaired) electrons. The predicted octanol–water partition coefficient (Wildman–Crippen LogP) is 1.02. The molecule has 7 nitrogen and oxygen atoms in total. The second-order valence-corrected chi connectivity index (χ2v) is 6.25. The van der Waals surface area contributed by atoms with Crippen LogP contribution in [0.2, 0.25) is 0 Å². The van der Waals surface area contributed by atoms with Gasteiger partial charge in [-0.25, -0.2) is 4.79 Å². The first-order chi connectivity index (χ1) is 11.5. The summed E-state index contributed by atoms with van der Waals surface area (Å²) in [5.41, 5.74) is 7.96. The van der Waals surface area contributed by atoms with Crippen molar-refractivity contribution in [2.24, 2.45) is 12.8 Å². The topological polar surface area (TPSA) is 99.1 Å². The molecule has 0 bridgehead atoms. The van der Waals surface area contributed by atoms with Crippen molar-refractivity contribution in [3.63, 3.8) is 0 Å². The number of hydrogen-bond donors (Lipinski definition) is 2. The van der Waals surface area contributed by atoms with Crippen molar-refractivity contribution in [3.05, 3.63) is 34.2 Å². The Labute approximate surface area is 151 Å². The van der Waals surface area contributed by atoms with Crippen LogP contribution in [-0.4, -0.2) is 27.5 Å². The maximum atomic E-state index is 12.6. The summed E-state index contributed by atoms with van der Waals surface area (Å²) in [6, 6.07) is 5.23. The highest BCUT2D eigenvalue weighted by molar-refractivity contribution is 6.00. The van der Waals surface area contributed by atoms with Gasteiger partial charge in [0.2, 0.25) is 11.8 Å². The van der Waals surface area contributed by atoms with Gasteiger partial charge in [-0.2, -0.15) is 0 Å². The molecule has 3 N–H and O–H groups in total. The van der Waals surface area contributed by atoms with E-state index in [4.69, 9.17) is 5.73 Å². The quantitative estimate of drug-likeness (QED) is 0.609. The molecule has 136 valence electrons. The van der Waals surface area contributed by atoms with Crippen LogP contribution in [0.1, 0.15) is 37.3 Å². The second-order valence-electron chi connectivity index (χ2n) is 6.25. The molecule has 1 saturated heterocycles. The normalized spacial score (nSPS) is 17.4. The Morgan fingerprint density at radius 2 is 1.96 bits per heavy atom. The highest BCUT2D eigenvalue weighted by Crippen LogP contribution is 2.24. The summed E-state index contributed by atoms with van der Waals surface area (Å²) >= 11 is 0. The van der Waals surface area contributed by atoms with Gasteiger partial charge in [-0.1, -0.05) is 6.07 Å². The van der Waals surface area contributed by atoms with E-state index in [1.807, 2.05) is 18.2 Å². The van der Waals surface area contributed by atoms with E-state index < -0.39 is 11.9 Å². The fourth-order valence-electron chi connectivity index (χ4n) is 3.27. The van der Waals surface area contributed by atoms with Crippen LogP contribution in [0.5, 0.6) is 0 Å². The average Bonchev–Trinajstić information content (AvgIpc) is 2.80. The molecule has 1 unspecified atom stereocenters. The molecule has 0 aliphatic carbocycles. The number of fused-ring (bicyclic) bond motifs is 1. The highest BCUT2D eigenvalue weighted by Gasteiger charge is 2.31. The van der Waals surface area contributed by atoms with Crippen molar-refractivity contribution in [3.8, 4) is 0 Å². The minimum atomic E-state index is -0.637. The molecule has 1 fully saturated rings. The van der Waals surface area contributed by atoms with Gasteiger partial charge in [0.1, 0.15) is 6.04 Å². The standard InChI is InChI=1S/C17H22N4O3.ClH/c1-20-14-10-11(4-2-3-9-18)5-6-12(14)21(17(20)24)13-7-8-15(22)19-16(13)23;/h5-6,10,13H,2-4,7-9,18H2,1H3,(H,19,22,23);1H. The Morgan fingerprint density at radius 3 is 2.64 bits per heavy atom. The number of aryl methyl sites for hydroxylation is 2. The van der Waals surface area contributed by atoms with Gasteiger partial charge in [0.05, 0.1) is 11.0 Å². The smallest absolute Gasteiger partial charge is 0.329 e. The van der Waals surface area contributed by atoms with Gasteiger partial charge < -0.3 is 5.73 Å². The first kappa shape index (κ1) is 19.2. The summed E-state index contributed by atoms with van der Waals surface area (Å²) < 4.78 is 3.06. The van der Waals surface area contributed by atoms with E-state index >= 15 is 0 Å². The largest absolute Gasteiger partial charge is 0.330 e. The van der Waals surface area contributed by atoms with Crippen LogP contribution in [0.3, 0.4) is 0 Å². The number of benzene rings is 1. The molecule has 1 aliphatic rings. The SMILES string of the molecule is Cl.Cn1c(=O)n(C2CCC(=O)NC2=O)c2ccc(CCCCN)cc21. The molecule has 25 heavy (non-hydrogen) atoms. The molecule has 0 spiro atoms. The number of imide groups is 1. The number of nitrogens with zero attached hydrogens (tertiary/aromatic N) is 2. The van der Waals surface area contributed by atoms with Crippen molar-refractivity contribution in [1.82, 2.24) is 14.5 Å². The Morgan fingerprint density at radius 1 is 1.20 bits per heavy atom. The van der Waals surface area contributed by atoms with Crippen molar-refractivity contribution in [1.29, 1.82) is 0 Å². The molecule has 1 aliphatic heterocycles. The molecule has 3 rings (SSSR count). The Bertz CT molecular complexity index is 855. The van der Waals surface area contributed by atoms with Crippen LogP contribution in [0.25, 0.3) is 11.0 Å². The van der Waals surface area contributed by atoms with E-state index in [1.165, 1.54) is 4.57 Å². The van der Waals surface area contributed by atoms with E-state index in [9.17, 15) is 14.4 Å². The minimum absolute atomic E-state index is 0. The summed E-state index contributed by atoms with van der Waals surface area (Å²) in [5.74, 6) is -0.695. The van der Waals surface area contributed by atoms with E-state index in [-0.39, 0.29) is 30.4 Å². The lowest BCUT2D eigenvalue weighted by Gasteiger charge is -2.21. The summed E-state index contributed by atoms with van der Waals surface area (Å²) in [5, 5.41) is 2.32. The van der Waals surface area contributed by atoms with Crippen LogP contribution >= 0.6 is 12.4 Å². The third kappa shape index (κ3) is 3.62. The van der Waals surface area contributed by atoms with E-state index in [1.54, 1.807) is 11.6 Å². The van der Waals surface area contributed by atoms with Gasteiger partial charge in [0.15, 0.2) is 0 Å². The van der Waals surface area contributed by atoms with Gasteiger partial charge in [-0.3, -0.25) is 24.0 Å². The summed E-state index contributed by atoms with van der Waals surface area (Å²) in [6.07, 6.45) is 3.47. The average molecular weight is 367 g/mol. The minimum Gasteiger partial charge on any atom is -0.330 e. The molecule has 0 saturated carbocycles. The molecular formula is C17H23ClN4O3. The van der Waals surface area contributed by atoms with E-state index in [0.717, 1.165) is 35.9 Å². The van der Waals surface area contributed by atoms with Crippen molar-refractivity contribution >= 4 is 35.3 Å². The Kier molecular flexibility index (Phi) is 6.02. The number of unbranched alkanes of at least 4 members (excludes halogenated alkanes) is 1. The van der Waals surface area contributed by atoms with Crippen LogP contribution in [0.4, 0.5) is 0 Å². The number of nitrogens with two attached hydrogens (primary N) is 1. The third-order valence-electron chi connectivity index (χ3n) is 4.60. The molecule has 8 heteroatoms. The molecule has 1 atom stereocenters. The fraction of sp³-hybridized carbons (Fsp3) is 0.471. The monoisotopic (exact) mass is 366 g/mol. The zero-order valence-electron chi connectivity index (χ0n) is 14.2. The number of amides is 2. The van der Waals surface area contributed by atoms with Crippen molar-refractivity contribution in [2.45, 2.75) is 38.1 Å². The van der Waals surface area contributed by atoms with E-state index in [2.05, 4.69) is 5.32 Å². The van der Waals surface area contributed by atoms with Gasteiger partial charge in [-0.05, 0) is 49.9 Å². The Balaban J connectivity index is 0.00000225. The predicted molar refractivity (Wildman–Crippen MR) is 97.8 cm³/mol. The summed E-state index contributed by atoms with van der Waals surface area (Å²) in [4.78, 5) is 36.1. The molecule has 2 amide bonds. The van der Waals surface area contributed by atoms with E-state index in [0.29, 0.717) is 13.0 Å². The van der Waals surface area contributed by atoms with Crippen LogP contribution in [-0.2, 0) is 23.1 Å². The maximum Gasteiger partial charge on any atom is 0.329 e. The Hall–Kier alpha value is -2.12. The zero-order valence-corrected chi connectivity index (χ0v) is 15.0. The first-order valence-corrected chi connectivity index (χ1v) is 8.26. The second kappa shape index (κ2) is 7.84. The molecule has 2 aromatic rings. The number of nitrogens with one attached hydrogen (secondary N) is 1. The van der Waals surface area contributed by atoms with Crippen LogP contribution < -0.4 is 16.7 Å². The molecule has 1 aromatic heterocycles. The first-order valence-electron chi connectivity index (χ1n) is 8.26. The van der Waals surface area contributed by atoms with Crippen LogP contribution in [0.15, 0.2) is 23.0 Å². The summed E-state index contributed by atoms with van der Waals surface area (Å²) in [6.45, 7) is 0.673. The van der Waals surface area contributed by atoms with Gasteiger partial charge in [-0.15, -0.1) is 12.4 Å². The number of hydrogen-bond acceptors (Lipinski definition) is 4. The maximum absolute atomic E-state index is 12.6. The highest BCUT2D eigenvalue weighted by atomic mass is 35.5. The lowest BCUT2D eigenvalue weighted by molar-refractivity contribution is -0.135. The number of carbonyl (C=O) groups is 2. The molecule has 2 heterocycles. The molecular weight excluding hydrogens is 344 g/mol. The zero-order chi connectivity index (χ0) is 17.3. The van der Waals surface area contributed by atoms with Gasteiger partial charge in [0.25, 0.3) is 0 Å². The number of aromatic nitrogens is 2. The number of piperidine rings is 1. The number of halogens is 1. The number of rotatable bonds is 5. The van der Waals surface area contributed by atoms with Crippen LogP contribution in [0, 0.1) is 0 Å². The third-order valence-corrected chi connectivity index (χ3v) is 4.60. The van der Waals surface area contributed by atoms with Gasteiger partial charge in [0, 0.05) is 13.5 Å². The molecule has 1 aromatic carbocycles. The summed E-state index contributed by atoms with van der Waals surface area (Å²) in [7, 11) is 1.71. The lowest BCUT2D eigenvalue weighted by Crippen LogP contribution is -2.44. The lowest BCUT2D eigenvalue weighted by atomic mass is 10.0. The van der Waals surface area contributed by atoms with Crippen molar-refractivity contribution < 1.29 is 9.59 Å². The number of imidazole rings is 1. The van der Waals surface area contributed by atoms with Crippen molar-refractivity contribution in [2.75, 3.05) is 6.54 Å².